The Balaban J connectivity index is 3.23. The smallest absolute Gasteiger partial charge is 0.0444 e. The van der Waals surface area contributed by atoms with Crippen molar-refractivity contribution in [1.29, 1.82) is 5.41 Å². The first kappa shape index (κ1) is 8.28. The van der Waals surface area contributed by atoms with E-state index in [0.29, 0.717) is 0 Å². The molecule has 1 aromatic rings. The molecule has 0 saturated carbocycles. The highest BCUT2D eigenvalue weighted by atomic mass is 35.5. The third-order valence-electron chi connectivity index (χ3n) is 1.66. The van der Waals surface area contributed by atoms with Gasteiger partial charge in [-0.15, -0.1) is 0 Å². The zero-order valence-electron chi connectivity index (χ0n) is 6.39. The SMILES string of the molecule is CCc1c(Cl)cccc1C=N. The lowest BCUT2D eigenvalue weighted by Gasteiger charge is -2.03. The lowest BCUT2D eigenvalue weighted by Crippen LogP contribution is -1.90. The molecule has 0 aliphatic heterocycles. The van der Waals surface area contributed by atoms with Crippen LogP contribution in [0.5, 0.6) is 0 Å². The van der Waals surface area contributed by atoms with Gasteiger partial charge in [-0.3, -0.25) is 0 Å². The number of hydrogen-bond donors (Lipinski definition) is 1. The van der Waals surface area contributed by atoms with E-state index < -0.39 is 0 Å². The molecule has 1 rings (SSSR count). The molecule has 2 heteroatoms. The Morgan fingerprint density at radius 2 is 2.27 bits per heavy atom. The minimum absolute atomic E-state index is 0.758. The Morgan fingerprint density at radius 3 is 2.73 bits per heavy atom. The Kier molecular flexibility index (Phi) is 2.66. The Hall–Kier alpha value is -0.820. The zero-order chi connectivity index (χ0) is 8.27. The molecule has 0 heterocycles. The van der Waals surface area contributed by atoms with Crippen LogP contribution in [0.25, 0.3) is 0 Å². The van der Waals surface area contributed by atoms with E-state index in [9.17, 15) is 0 Å². The summed E-state index contributed by atoms with van der Waals surface area (Å²) in [5.41, 5.74) is 1.98. The summed E-state index contributed by atoms with van der Waals surface area (Å²) in [4.78, 5) is 0. The van der Waals surface area contributed by atoms with Crippen LogP contribution in [-0.2, 0) is 6.42 Å². The van der Waals surface area contributed by atoms with Crippen molar-refractivity contribution in [1.82, 2.24) is 0 Å². The van der Waals surface area contributed by atoms with E-state index in [1.165, 1.54) is 6.21 Å². The van der Waals surface area contributed by atoms with Gasteiger partial charge in [-0.25, -0.2) is 0 Å². The third kappa shape index (κ3) is 1.60. The summed E-state index contributed by atoms with van der Waals surface area (Å²) in [6, 6.07) is 5.62. The summed E-state index contributed by atoms with van der Waals surface area (Å²) in [6.45, 7) is 2.04. The molecule has 58 valence electrons. The molecule has 0 spiro atoms. The van der Waals surface area contributed by atoms with Crippen LogP contribution in [0.1, 0.15) is 18.1 Å². The van der Waals surface area contributed by atoms with Crippen LogP contribution in [-0.4, -0.2) is 6.21 Å². The van der Waals surface area contributed by atoms with Crippen molar-refractivity contribution in [3.05, 3.63) is 34.3 Å². The molecule has 0 unspecified atom stereocenters. The molecular weight excluding hydrogens is 158 g/mol. The standard InChI is InChI=1S/C9H10ClN/c1-2-8-7(6-11)4-3-5-9(8)10/h3-6,11H,2H2,1H3. The summed E-state index contributed by atoms with van der Waals surface area (Å²) in [7, 11) is 0. The number of rotatable bonds is 2. The average molecular weight is 168 g/mol. The highest BCUT2D eigenvalue weighted by Gasteiger charge is 2.00. The van der Waals surface area contributed by atoms with Gasteiger partial charge in [0, 0.05) is 11.2 Å². The fourth-order valence-electron chi connectivity index (χ4n) is 1.08. The average Bonchev–Trinajstić information content (AvgIpc) is 2.04. The number of nitrogens with one attached hydrogen (secondary N) is 1. The largest absolute Gasteiger partial charge is 0.308 e. The summed E-state index contributed by atoms with van der Waals surface area (Å²) in [5, 5.41) is 7.86. The van der Waals surface area contributed by atoms with Gasteiger partial charge < -0.3 is 5.41 Å². The van der Waals surface area contributed by atoms with Crippen LogP contribution >= 0.6 is 11.6 Å². The van der Waals surface area contributed by atoms with Gasteiger partial charge in [-0.1, -0.05) is 30.7 Å². The monoisotopic (exact) mass is 167 g/mol. The van der Waals surface area contributed by atoms with Gasteiger partial charge in [-0.05, 0) is 23.6 Å². The van der Waals surface area contributed by atoms with Crippen LogP contribution in [0.4, 0.5) is 0 Å². The van der Waals surface area contributed by atoms with Crippen LogP contribution in [0.2, 0.25) is 5.02 Å². The van der Waals surface area contributed by atoms with Crippen LogP contribution in [0.3, 0.4) is 0 Å². The molecule has 0 aromatic heterocycles. The van der Waals surface area contributed by atoms with E-state index in [-0.39, 0.29) is 0 Å². The molecule has 1 nitrogen and oxygen atoms in total. The molecule has 0 bridgehead atoms. The molecule has 1 aromatic carbocycles. The van der Waals surface area contributed by atoms with Crippen molar-refractivity contribution in [2.45, 2.75) is 13.3 Å². The molecule has 1 N–H and O–H groups in total. The maximum absolute atomic E-state index is 7.10. The van der Waals surface area contributed by atoms with Gasteiger partial charge in [0.05, 0.1) is 0 Å². The number of hydrogen-bond acceptors (Lipinski definition) is 1. The van der Waals surface area contributed by atoms with Crippen molar-refractivity contribution < 1.29 is 0 Å². The van der Waals surface area contributed by atoms with Crippen LogP contribution in [0.15, 0.2) is 18.2 Å². The van der Waals surface area contributed by atoms with Gasteiger partial charge in [0.15, 0.2) is 0 Å². The first-order chi connectivity index (χ1) is 5.29. The highest BCUT2D eigenvalue weighted by Crippen LogP contribution is 2.18. The van der Waals surface area contributed by atoms with Crippen molar-refractivity contribution >= 4 is 17.8 Å². The fraction of sp³-hybridized carbons (Fsp3) is 0.222. The Morgan fingerprint density at radius 1 is 1.55 bits per heavy atom. The maximum Gasteiger partial charge on any atom is 0.0444 e. The van der Waals surface area contributed by atoms with Gasteiger partial charge in [0.25, 0.3) is 0 Å². The maximum atomic E-state index is 7.10. The first-order valence-electron chi connectivity index (χ1n) is 3.57. The van der Waals surface area contributed by atoms with Gasteiger partial charge in [0.2, 0.25) is 0 Å². The molecule has 0 aliphatic rings. The second-order valence-electron chi connectivity index (χ2n) is 2.31. The van der Waals surface area contributed by atoms with E-state index in [1.54, 1.807) is 0 Å². The van der Waals surface area contributed by atoms with Crippen molar-refractivity contribution in [2.75, 3.05) is 0 Å². The summed E-state index contributed by atoms with van der Waals surface area (Å²) >= 11 is 5.90. The molecule has 11 heavy (non-hydrogen) atoms. The van der Waals surface area contributed by atoms with E-state index in [0.717, 1.165) is 22.6 Å². The molecule has 0 fully saturated rings. The Labute approximate surface area is 71.5 Å². The highest BCUT2D eigenvalue weighted by molar-refractivity contribution is 6.31. The van der Waals surface area contributed by atoms with Crippen LogP contribution < -0.4 is 0 Å². The lowest BCUT2D eigenvalue weighted by molar-refractivity contribution is 1.13. The fourth-order valence-corrected chi connectivity index (χ4v) is 1.40. The zero-order valence-corrected chi connectivity index (χ0v) is 7.15. The van der Waals surface area contributed by atoms with E-state index >= 15 is 0 Å². The van der Waals surface area contributed by atoms with Gasteiger partial charge in [0.1, 0.15) is 0 Å². The van der Waals surface area contributed by atoms with Crippen molar-refractivity contribution in [2.24, 2.45) is 0 Å². The predicted octanol–water partition coefficient (Wildman–Crippen LogP) is 2.90. The number of halogens is 1. The minimum Gasteiger partial charge on any atom is -0.308 e. The molecule has 0 saturated heterocycles. The summed E-state index contributed by atoms with van der Waals surface area (Å²) in [5.74, 6) is 0. The lowest BCUT2D eigenvalue weighted by atomic mass is 10.1. The van der Waals surface area contributed by atoms with E-state index in [4.69, 9.17) is 17.0 Å². The molecule has 0 aliphatic carbocycles. The third-order valence-corrected chi connectivity index (χ3v) is 2.02. The second kappa shape index (κ2) is 3.54. The molecule has 0 radical (unpaired) electrons. The topological polar surface area (TPSA) is 23.9 Å². The first-order valence-corrected chi connectivity index (χ1v) is 3.95. The van der Waals surface area contributed by atoms with Crippen molar-refractivity contribution in [3.63, 3.8) is 0 Å². The summed E-state index contributed by atoms with van der Waals surface area (Å²) in [6.07, 6.45) is 2.22. The Bertz CT molecular complexity index is 268. The summed E-state index contributed by atoms with van der Waals surface area (Å²) < 4.78 is 0. The van der Waals surface area contributed by atoms with Crippen molar-refractivity contribution in [3.8, 4) is 0 Å². The minimum atomic E-state index is 0.758. The number of benzene rings is 1. The van der Waals surface area contributed by atoms with E-state index in [1.807, 2.05) is 25.1 Å². The normalized spacial score (nSPS) is 9.64. The molecule has 0 amide bonds. The molecular formula is C9H10ClN. The van der Waals surface area contributed by atoms with Crippen LogP contribution in [0, 0.1) is 5.41 Å². The van der Waals surface area contributed by atoms with E-state index in [2.05, 4.69) is 0 Å². The second-order valence-corrected chi connectivity index (χ2v) is 2.71. The van der Waals surface area contributed by atoms with Gasteiger partial charge in [-0.2, -0.15) is 0 Å². The molecule has 0 atom stereocenters. The van der Waals surface area contributed by atoms with Gasteiger partial charge >= 0.3 is 0 Å². The quantitative estimate of drug-likeness (QED) is 0.655. The predicted molar refractivity (Wildman–Crippen MR) is 48.7 cm³/mol.